The van der Waals surface area contributed by atoms with Gasteiger partial charge in [0.25, 0.3) is 0 Å². The first-order chi connectivity index (χ1) is 9.41. The van der Waals surface area contributed by atoms with Crippen LogP contribution in [-0.4, -0.2) is 38.2 Å². The summed E-state index contributed by atoms with van der Waals surface area (Å²) in [5.41, 5.74) is 0.641. The minimum atomic E-state index is -2.85. The molecule has 5 nitrogen and oxygen atoms in total. The van der Waals surface area contributed by atoms with Gasteiger partial charge >= 0.3 is 0 Å². The van der Waals surface area contributed by atoms with Crippen LogP contribution in [0.1, 0.15) is 18.4 Å². The minimum absolute atomic E-state index is 0.0628. The van der Waals surface area contributed by atoms with Gasteiger partial charge in [-0.2, -0.15) is 0 Å². The summed E-state index contributed by atoms with van der Waals surface area (Å²) < 4.78 is 27.7. The maximum absolute atomic E-state index is 11.4. The molecule has 1 aromatic carbocycles. The number of nitrogens with one attached hydrogen (secondary N) is 1. The average molecular weight is 320 g/mol. The van der Waals surface area contributed by atoms with E-state index in [9.17, 15) is 13.5 Å². The average Bonchev–Trinajstić information content (AvgIpc) is 2.40. The molecule has 1 aromatic rings. The van der Waals surface area contributed by atoms with Crippen LogP contribution < -0.4 is 10.1 Å². The Balaban J connectivity index is 1.99. The molecule has 112 valence electrons. The van der Waals surface area contributed by atoms with Crippen molar-refractivity contribution in [1.82, 2.24) is 5.32 Å². The first kappa shape index (κ1) is 15.4. The summed E-state index contributed by atoms with van der Waals surface area (Å²) in [4.78, 5) is 0. The van der Waals surface area contributed by atoms with Crippen molar-refractivity contribution < 1.29 is 18.3 Å². The first-order valence-electron chi connectivity index (χ1n) is 6.40. The number of halogens is 1. The van der Waals surface area contributed by atoms with Crippen LogP contribution >= 0.6 is 11.6 Å². The number of methoxy groups -OCH3 is 1. The third-order valence-electron chi connectivity index (χ3n) is 3.47. The molecule has 0 saturated carbocycles. The van der Waals surface area contributed by atoms with Crippen LogP contribution in [0, 0.1) is 0 Å². The van der Waals surface area contributed by atoms with Crippen molar-refractivity contribution in [2.24, 2.45) is 0 Å². The van der Waals surface area contributed by atoms with Gasteiger partial charge in [0.1, 0.15) is 9.84 Å². The molecule has 0 unspecified atom stereocenters. The molecular weight excluding hydrogens is 302 g/mol. The molecule has 0 aromatic heterocycles. The predicted molar refractivity (Wildman–Crippen MR) is 78.2 cm³/mol. The summed E-state index contributed by atoms with van der Waals surface area (Å²) in [7, 11) is -1.39. The third-order valence-corrected chi connectivity index (χ3v) is 5.41. The van der Waals surface area contributed by atoms with Gasteiger partial charge in [0.2, 0.25) is 0 Å². The molecule has 1 saturated heterocycles. The molecular formula is C13H18ClNO4S. The van der Waals surface area contributed by atoms with Gasteiger partial charge in [-0.1, -0.05) is 11.6 Å². The van der Waals surface area contributed by atoms with Crippen molar-refractivity contribution in [3.05, 3.63) is 22.7 Å². The van der Waals surface area contributed by atoms with Gasteiger partial charge in [0.05, 0.1) is 18.6 Å². The highest BCUT2D eigenvalue weighted by Crippen LogP contribution is 2.33. The molecule has 1 aliphatic rings. The summed E-state index contributed by atoms with van der Waals surface area (Å²) in [5, 5.41) is 13.8. The largest absolute Gasteiger partial charge is 0.504 e. The summed E-state index contributed by atoms with van der Waals surface area (Å²) in [6.45, 7) is 0.424. The van der Waals surface area contributed by atoms with Crippen LogP contribution in [0.25, 0.3) is 0 Å². The fourth-order valence-corrected chi connectivity index (χ4v) is 3.99. The van der Waals surface area contributed by atoms with Gasteiger partial charge in [-0.05, 0) is 18.9 Å². The molecule has 0 aliphatic carbocycles. The van der Waals surface area contributed by atoms with Crippen molar-refractivity contribution in [3.63, 3.8) is 0 Å². The van der Waals surface area contributed by atoms with E-state index in [1.807, 2.05) is 0 Å². The molecule has 1 heterocycles. The van der Waals surface area contributed by atoms with Gasteiger partial charge in [0.15, 0.2) is 11.5 Å². The first-order valence-corrected chi connectivity index (χ1v) is 8.60. The van der Waals surface area contributed by atoms with Gasteiger partial charge in [-0.15, -0.1) is 0 Å². The third kappa shape index (κ3) is 3.77. The molecule has 0 spiro atoms. The number of aromatic hydroxyl groups is 1. The Morgan fingerprint density at radius 1 is 1.40 bits per heavy atom. The van der Waals surface area contributed by atoms with Gasteiger partial charge in [-0.3, -0.25) is 0 Å². The molecule has 20 heavy (non-hydrogen) atoms. The number of hydrogen-bond acceptors (Lipinski definition) is 5. The molecule has 1 fully saturated rings. The van der Waals surface area contributed by atoms with Crippen molar-refractivity contribution in [2.45, 2.75) is 25.4 Å². The number of rotatable bonds is 4. The van der Waals surface area contributed by atoms with Crippen molar-refractivity contribution >= 4 is 21.4 Å². The van der Waals surface area contributed by atoms with Crippen LogP contribution in [0.4, 0.5) is 0 Å². The quantitative estimate of drug-likeness (QED) is 0.884. The maximum Gasteiger partial charge on any atom is 0.162 e. The number of benzene rings is 1. The lowest BCUT2D eigenvalue weighted by Gasteiger charge is -2.23. The van der Waals surface area contributed by atoms with E-state index in [4.69, 9.17) is 16.3 Å². The normalized spacial score (nSPS) is 18.9. The highest BCUT2D eigenvalue weighted by molar-refractivity contribution is 7.91. The number of phenols is 1. The molecule has 2 rings (SSSR count). The lowest BCUT2D eigenvalue weighted by atomic mass is 10.1. The van der Waals surface area contributed by atoms with E-state index in [0.717, 1.165) is 0 Å². The zero-order chi connectivity index (χ0) is 14.8. The van der Waals surface area contributed by atoms with Crippen molar-refractivity contribution in [1.29, 1.82) is 0 Å². The molecule has 1 aliphatic heterocycles. The van der Waals surface area contributed by atoms with Crippen LogP contribution in [0.2, 0.25) is 5.02 Å². The topological polar surface area (TPSA) is 75.6 Å². The monoisotopic (exact) mass is 319 g/mol. The second-order valence-corrected chi connectivity index (χ2v) is 7.66. The van der Waals surface area contributed by atoms with E-state index in [0.29, 0.717) is 35.7 Å². The van der Waals surface area contributed by atoms with Crippen LogP contribution in [-0.2, 0) is 16.4 Å². The Kier molecular flexibility index (Phi) is 4.78. The van der Waals surface area contributed by atoms with E-state index in [2.05, 4.69) is 5.32 Å². The Morgan fingerprint density at radius 2 is 2.05 bits per heavy atom. The fraction of sp³-hybridized carbons (Fsp3) is 0.538. The fourth-order valence-electron chi connectivity index (χ4n) is 2.27. The highest BCUT2D eigenvalue weighted by atomic mass is 35.5. The van der Waals surface area contributed by atoms with Crippen LogP contribution in [0.15, 0.2) is 12.1 Å². The van der Waals surface area contributed by atoms with E-state index < -0.39 is 9.84 Å². The summed E-state index contributed by atoms with van der Waals surface area (Å²) in [5.74, 6) is 0.832. The number of hydrogen-bond donors (Lipinski definition) is 2. The second kappa shape index (κ2) is 6.20. The van der Waals surface area contributed by atoms with Crippen molar-refractivity contribution in [2.75, 3.05) is 18.6 Å². The molecule has 2 N–H and O–H groups in total. The Bertz CT molecular complexity index is 574. The molecule has 0 radical (unpaired) electrons. The summed E-state index contributed by atoms with van der Waals surface area (Å²) in [6, 6.07) is 3.36. The predicted octanol–water partition coefficient (Wildman–Crippen LogP) is 1.72. The zero-order valence-electron chi connectivity index (χ0n) is 11.2. The molecule has 0 bridgehead atoms. The lowest BCUT2D eigenvalue weighted by Crippen LogP contribution is -2.37. The SMILES string of the molecule is COc1cc(Cl)cc(CNC2CCS(=O)(=O)CC2)c1O. The highest BCUT2D eigenvalue weighted by Gasteiger charge is 2.23. The molecule has 7 heteroatoms. The molecule has 0 amide bonds. The summed E-state index contributed by atoms with van der Waals surface area (Å²) in [6.07, 6.45) is 1.20. The minimum Gasteiger partial charge on any atom is -0.504 e. The van der Waals surface area contributed by atoms with E-state index >= 15 is 0 Å². The second-order valence-electron chi connectivity index (χ2n) is 4.92. The Labute approximate surface area is 123 Å². The smallest absolute Gasteiger partial charge is 0.162 e. The maximum atomic E-state index is 11.4. The Morgan fingerprint density at radius 3 is 2.65 bits per heavy atom. The van der Waals surface area contributed by atoms with Gasteiger partial charge in [-0.25, -0.2) is 8.42 Å². The number of ether oxygens (including phenoxy) is 1. The van der Waals surface area contributed by atoms with Crippen LogP contribution in [0.3, 0.4) is 0 Å². The van der Waals surface area contributed by atoms with E-state index in [-0.39, 0.29) is 23.3 Å². The zero-order valence-corrected chi connectivity index (χ0v) is 12.8. The number of phenolic OH excluding ortho intramolecular Hbond substituents is 1. The lowest BCUT2D eigenvalue weighted by molar-refractivity contribution is 0.368. The Hall–Kier alpha value is -0.980. The van der Waals surface area contributed by atoms with Gasteiger partial charge < -0.3 is 15.2 Å². The van der Waals surface area contributed by atoms with Crippen molar-refractivity contribution in [3.8, 4) is 11.5 Å². The summed E-state index contributed by atoms with van der Waals surface area (Å²) >= 11 is 5.96. The van der Waals surface area contributed by atoms with Crippen LogP contribution in [0.5, 0.6) is 11.5 Å². The van der Waals surface area contributed by atoms with Gasteiger partial charge in [0, 0.05) is 29.2 Å². The molecule has 0 atom stereocenters. The standard InChI is InChI=1S/C13H18ClNO4S/c1-19-12-7-10(14)6-9(13(12)16)8-15-11-2-4-20(17,18)5-3-11/h6-7,11,15-16H,2-5,8H2,1H3. The van der Waals surface area contributed by atoms with E-state index in [1.165, 1.54) is 7.11 Å². The van der Waals surface area contributed by atoms with E-state index in [1.54, 1.807) is 12.1 Å². The number of sulfone groups is 1.